The van der Waals surface area contributed by atoms with Crippen molar-refractivity contribution in [3.63, 3.8) is 0 Å². The van der Waals surface area contributed by atoms with E-state index in [1.54, 1.807) is 11.3 Å². The highest BCUT2D eigenvalue weighted by atomic mass is 32.1. The van der Waals surface area contributed by atoms with Crippen LogP contribution in [0.25, 0.3) is 10.6 Å². The maximum atomic E-state index is 11.7. The van der Waals surface area contributed by atoms with Gasteiger partial charge in [-0.2, -0.15) is 11.3 Å². The van der Waals surface area contributed by atoms with Crippen molar-refractivity contribution in [1.82, 2.24) is 10.5 Å². The lowest BCUT2D eigenvalue weighted by atomic mass is 10.3. The number of aromatic nitrogens is 1. The fourth-order valence-electron chi connectivity index (χ4n) is 1.30. The number of amides is 1. The molecule has 0 saturated heterocycles. The van der Waals surface area contributed by atoms with Gasteiger partial charge in [0.2, 0.25) is 0 Å². The molecule has 6 heteroatoms. The predicted molar refractivity (Wildman–Crippen MR) is 69.3 cm³/mol. The van der Waals surface area contributed by atoms with Crippen molar-refractivity contribution in [2.75, 3.05) is 6.61 Å². The molecule has 0 atom stereocenters. The summed E-state index contributed by atoms with van der Waals surface area (Å²) in [6.07, 6.45) is 0. The Bertz CT molecular complexity index is 506. The molecule has 2 aromatic rings. The fraction of sp³-hybridized carbons (Fsp3) is 0.273. The quantitative estimate of drug-likeness (QED) is 0.867. The van der Waals surface area contributed by atoms with Crippen molar-refractivity contribution in [3.05, 3.63) is 27.4 Å². The van der Waals surface area contributed by atoms with Crippen LogP contribution in [0.5, 0.6) is 0 Å². The lowest BCUT2D eigenvalue weighted by Gasteiger charge is -2.00. The van der Waals surface area contributed by atoms with Crippen LogP contribution in [0.3, 0.4) is 0 Å². The van der Waals surface area contributed by atoms with Gasteiger partial charge in [0.1, 0.15) is 9.88 Å². The molecule has 0 fully saturated rings. The Balaban J connectivity index is 2.22. The molecule has 4 nitrogen and oxygen atoms in total. The minimum atomic E-state index is -0.233. The van der Waals surface area contributed by atoms with E-state index >= 15 is 0 Å². The first kappa shape index (κ1) is 12.2. The standard InChI is InChI=1S/C11H12N2O2S2/c1-3-15-13-10(14)9-7(2)12-11(17-9)8-4-5-16-6-8/h4-6H,3H2,1-2H3,(H,13,14). The number of rotatable bonds is 4. The van der Waals surface area contributed by atoms with Crippen LogP contribution in [0.2, 0.25) is 0 Å². The first-order valence-corrected chi connectivity index (χ1v) is 6.90. The molecule has 0 bridgehead atoms. The topological polar surface area (TPSA) is 51.2 Å². The van der Waals surface area contributed by atoms with Crippen molar-refractivity contribution >= 4 is 28.6 Å². The summed E-state index contributed by atoms with van der Waals surface area (Å²) in [5.74, 6) is -0.233. The largest absolute Gasteiger partial charge is 0.286 e. The molecule has 0 radical (unpaired) electrons. The van der Waals surface area contributed by atoms with E-state index in [2.05, 4.69) is 10.5 Å². The van der Waals surface area contributed by atoms with Crippen LogP contribution >= 0.6 is 22.7 Å². The zero-order valence-corrected chi connectivity index (χ0v) is 11.2. The lowest BCUT2D eigenvalue weighted by Crippen LogP contribution is -2.23. The van der Waals surface area contributed by atoms with Gasteiger partial charge in [0.05, 0.1) is 12.3 Å². The highest BCUT2D eigenvalue weighted by Crippen LogP contribution is 2.29. The van der Waals surface area contributed by atoms with E-state index in [-0.39, 0.29) is 5.91 Å². The average Bonchev–Trinajstić information content (AvgIpc) is 2.94. The summed E-state index contributed by atoms with van der Waals surface area (Å²) in [5.41, 5.74) is 4.17. The van der Waals surface area contributed by atoms with Gasteiger partial charge in [-0.15, -0.1) is 11.3 Å². The van der Waals surface area contributed by atoms with E-state index < -0.39 is 0 Å². The maximum Gasteiger partial charge on any atom is 0.286 e. The van der Waals surface area contributed by atoms with Crippen LogP contribution in [-0.2, 0) is 4.84 Å². The third-order valence-electron chi connectivity index (χ3n) is 2.08. The van der Waals surface area contributed by atoms with Gasteiger partial charge in [-0.3, -0.25) is 9.63 Å². The van der Waals surface area contributed by atoms with Crippen LogP contribution in [0.4, 0.5) is 0 Å². The van der Waals surface area contributed by atoms with Gasteiger partial charge >= 0.3 is 0 Å². The smallest absolute Gasteiger partial charge is 0.274 e. The monoisotopic (exact) mass is 268 g/mol. The van der Waals surface area contributed by atoms with Crippen molar-refractivity contribution in [1.29, 1.82) is 0 Å². The van der Waals surface area contributed by atoms with Crippen molar-refractivity contribution in [3.8, 4) is 10.6 Å². The van der Waals surface area contributed by atoms with Crippen LogP contribution in [-0.4, -0.2) is 17.5 Å². The van der Waals surface area contributed by atoms with E-state index in [0.717, 1.165) is 16.3 Å². The SMILES string of the molecule is CCONC(=O)c1sc(-c2ccsc2)nc1C. The number of hydroxylamine groups is 1. The van der Waals surface area contributed by atoms with E-state index in [4.69, 9.17) is 4.84 Å². The molecule has 0 aliphatic rings. The molecule has 17 heavy (non-hydrogen) atoms. The third kappa shape index (κ3) is 2.71. The molecule has 1 amide bonds. The normalized spacial score (nSPS) is 10.5. The molecule has 2 aromatic heterocycles. The number of nitrogens with zero attached hydrogens (tertiary/aromatic N) is 1. The van der Waals surface area contributed by atoms with Crippen molar-refractivity contribution in [2.24, 2.45) is 0 Å². The molecule has 2 rings (SSSR count). The molecular weight excluding hydrogens is 256 g/mol. The van der Waals surface area contributed by atoms with Crippen LogP contribution in [0.1, 0.15) is 22.3 Å². The summed E-state index contributed by atoms with van der Waals surface area (Å²) < 4.78 is 0. The number of nitrogens with one attached hydrogen (secondary N) is 1. The molecule has 2 heterocycles. The second-order valence-corrected chi connectivity index (χ2v) is 5.09. The predicted octanol–water partition coefficient (Wildman–Crippen LogP) is 2.86. The van der Waals surface area contributed by atoms with Crippen LogP contribution in [0.15, 0.2) is 16.8 Å². The van der Waals surface area contributed by atoms with Gasteiger partial charge in [-0.05, 0) is 25.3 Å². The van der Waals surface area contributed by atoms with Gasteiger partial charge in [0, 0.05) is 10.9 Å². The summed E-state index contributed by atoms with van der Waals surface area (Å²) in [6.45, 7) is 4.09. The maximum absolute atomic E-state index is 11.7. The molecule has 0 aliphatic heterocycles. The van der Waals surface area contributed by atoms with Crippen LogP contribution < -0.4 is 5.48 Å². The van der Waals surface area contributed by atoms with E-state index in [0.29, 0.717) is 11.5 Å². The Morgan fingerprint density at radius 3 is 3.06 bits per heavy atom. The lowest BCUT2D eigenvalue weighted by molar-refractivity contribution is 0.0367. The first-order chi connectivity index (χ1) is 8.22. The van der Waals surface area contributed by atoms with Gasteiger partial charge < -0.3 is 0 Å². The second kappa shape index (κ2) is 5.39. The number of carbonyl (C=O) groups excluding carboxylic acids is 1. The minimum Gasteiger partial charge on any atom is -0.274 e. The number of carbonyl (C=O) groups is 1. The number of thiazole rings is 1. The molecule has 90 valence electrons. The second-order valence-electron chi connectivity index (χ2n) is 3.31. The number of thiophene rings is 1. The first-order valence-electron chi connectivity index (χ1n) is 5.14. The third-order valence-corrected chi connectivity index (χ3v) is 3.97. The molecule has 0 spiro atoms. The number of aryl methyl sites for hydroxylation is 1. The Labute approximate surface area is 107 Å². The Morgan fingerprint density at radius 1 is 1.59 bits per heavy atom. The summed E-state index contributed by atoms with van der Waals surface area (Å²) in [4.78, 5) is 21.6. The highest BCUT2D eigenvalue weighted by Gasteiger charge is 2.16. The van der Waals surface area contributed by atoms with E-state index in [9.17, 15) is 4.79 Å². The Morgan fingerprint density at radius 2 is 2.41 bits per heavy atom. The van der Waals surface area contributed by atoms with E-state index in [1.165, 1.54) is 11.3 Å². The van der Waals surface area contributed by atoms with Gasteiger partial charge in [-0.25, -0.2) is 10.5 Å². The Kier molecular flexibility index (Phi) is 3.88. The minimum absolute atomic E-state index is 0.233. The Hall–Kier alpha value is -1.24. The summed E-state index contributed by atoms with van der Waals surface area (Å²) in [5, 5.41) is 4.87. The number of hydrogen-bond donors (Lipinski definition) is 1. The summed E-state index contributed by atoms with van der Waals surface area (Å²) >= 11 is 2.99. The van der Waals surface area contributed by atoms with Crippen LogP contribution in [0, 0.1) is 6.92 Å². The summed E-state index contributed by atoms with van der Waals surface area (Å²) in [6, 6.07) is 1.99. The molecule has 0 saturated carbocycles. The molecule has 1 N–H and O–H groups in total. The van der Waals surface area contributed by atoms with Gasteiger partial charge in [0.25, 0.3) is 5.91 Å². The van der Waals surface area contributed by atoms with Gasteiger partial charge in [-0.1, -0.05) is 0 Å². The summed E-state index contributed by atoms with van der Waals surface area (Å²) in [7, 11) is 0. The zero-order chi connectivity index (χ0) is 12.3. The molecule has 0 aliphatic carbocycles. The molecular formula is C11H12N2O2S2. The average molecular weight is 268 g/mol. The van der Waals surface area contributed by atoms with Crippen molar-refractivity contribution in [2.45, 2.75) is 13.8 Å². The highest BCUT2D eigenvalue weighted by molar-refractivity contribution is 7.17. The molecule has 0 unspecified atom stereocenters. The van der Waals surface area contributed by atoms with Gasteiger partial charge in [0.15, 0.2) is 0 Å². The zero-order valence-electron chi connectivity index (χ0n) is 9.52. The fourth-order valence-corrected chi connectivity index (χ4v) is 2.96. The van der Waals surface area contributed by atoms with E-state index in [1.807, 2.05) is 30.7 Å². The molecule has 0 aromatic carbocycles. The van der Waals surface area contributed by atoms with Crippen molar-refractivity contribution < 1.29 is 9.63 Å². The number of hydrogen-bond acceptors (Lipinski definition) is 5.